The summed E-state index contributed by atoms with van der Waals surface area (Å²) in [4.78, 5) is 21.1. The Labute approximate surface area is 244 Å². The molecule has 4 saturated heterocycles. The van der Waals surface area contributed by atoms with E-state index in [4.69, 9.17) is 28.8 Å². The first-order chi connectivity index (χ1) is 18.9. The molecule has 9 nitrogen and oxygen atoms in total. The molecule has 4 fully saturated rings. The van der Waals surface area contributed by atoms with E-state index in [1.54, 1.807) is 0 Å². The molecule has 0 amide bonds. The fraction of sp³-hybridized carbons (Fsp3) is 0.929. The monoisotopic (exact) mass is 595 g/mol. The number of carboxylic acids is 1. The fourth-order valence-electron chi connectivity index (χ4n) is 4.66. The molecule has 2 N–H and O–H groups in total. The number of unbranched alkanes of at least 4 members (excludes halogenated alkanes) is 2. The minimum Gasteiger partial charge on any atom is -0.481 e. The molecule has 0 aromatic heterocycles. The number of esters is 1. The van der Waals surface area contributed by atoms with Gasteiger partial charge in [-0.25, -0.2) is 0 Å². The zero-order valence-corrected chi connectivity index (χ0v) is 25.7. The Hall–Kier alpha value is -0.560. The number of rotatable bonds is 13. The van der Waals surface area contributed by atoms with Gasteiger partial charge in [-0.15, -0.1) is 0 Å². The lowest BCUT2D eigenvalue weighted by Gasteiger charge is -2.16. The van der Waals surface area contributed by atoms with E-state index in [0.29, 0.717) is 43.2 Å². The van der Waals surface area contributed by atoms with Crippen molar-refractivity contribution in [3.63, 3.8) is 0 Å². The zero-order chi connectivity index (χ0) is 28.6. The Morgan fingerprint density at radius 1 is 0.744 bits per heavy atom. The molecule has 0 saturated carbocycles. The van der Waals surface area contributed by atoms with Gasteiger partial charge in [0, 0.05) is 12.8 Å². The van der Waals surface area contributed by atoms with Crippen LogP contribution in [-0.4, -0.2) is 107 Å². The largest absolute Gasteiger partial charge is 1.00 e. The summed E-state index contributed by atoms with van der Waals surface area (Å²) in [6.07, 6.45) is 6.74. The van der Waals surface area contributed by atoms with Crippen LogP contribution in [0, 0.1) is 0 Å². The van der Waals surface area contributed by atoms with Crippen molar-refractivity contribution in [3.8, 4) is 0 Å². The van der Waals surface area contributed by atoms with Gasteiger partial charge in [0.1, 0.15) is 30.5 Å². The predicted octanol–water partition coefficient (Wildman–Crippen LogP) is 4.43. The summed E-state index contributed by atoms with van der Waals surface area (Å²) in [6, 6.07) is 0. The summed E-state index contributed by atoms with van der Waals surface area (Å²) in [6.45, 7) is 10.6. The van der Waals surface area contributed by atoms with Gasteiger partial charge in [0.2, 0.25) is 0 Å². The van der Waals surface area contributed by atoms with Crippen LogP contribution in [0.1, 0.15) is 80.5 Å². The number of aliphatic carboxylic acids is 1. The molecule has 4 aliphatic rings. The van der Waals surface area contributed by atoms with E-state index in [-0.39, 0.29) is 37.9 Å². The van der Waals surface area contributed by atoms with E-state index in [1.165, 1.54) is 31.4 Å². The van der Waals surface area contributed by atoms with E-state index < -0.39 is 12.1 Å². The maximum atomic E-state index is 11.5. The van der Waals surface area contributed by atoms with Crippen LogP contribution in [0.2, 0.25) is 0 Å². The van der Waals surface area contributed by atoms with Crippen molar-refractivity contribution in [2.75, 3.05) is 37.9 Å². The van der Waals surface area contributed by atoms with E-state index >= 15 is 0 Å². The topological polar surface area (TPSA) is 121 Å². The number of thioether (sulfide) groups is 2. The van der Waals surface area contributed by atoms with Crippen molar-refractivity contribution in [2.45, 2.75) is 126 Å². The number of aliphatic hydroxyl groups is 1. The molecule has 2 unspecified atom stereocenters. The highest BCUT2D eigenvalue weighted by Crippen LogP contribution is 2.36. The Morgan fingerprint density at radius 2 is 1.26 bits per heavy atom. The molecule has 4 aliphatic heterocycles. The maximum absolute atomic E-state index is 11.5. The van der Waals surface area contributed by atoms with Crippen LogP contribution in [0.15, 0.2) is 0 Å². The summed E-state index contributed by atoms with van der Waals surface area (Å²) in [7, 11) is 0. The van der Waals surface area contributed by atoms with E-state index in [1.807, 2.05) is 37.4 Å². The van der Waals surface area contributed by atoms with Gasteiger partial charge in [-0.2, -0.15) is 23.5 Å². The highest BCUT2D eigenvalue weighted by molar-refractivity contribution is 8.00. The smallest absolute Gasteiger partial charge is 0.481 e. The van der Waals surface area contributed by atoms with Crippen LogP contribution in [0.4, 0.5) is 0 Å². The first-order valence-corrected chi connectivity index (χ1v) is 16.7. The third kappa shape index (κ3) is 11.7. The summed E-state index contributed by atoms with van der Waals surface area (Å²) in [5.41, 5.74) is 0. The quantitative estimate of drug-likeness (QED) is 0.232. The van der Waals surface area contributed by atoms with E-state index in [0.717, 1.165) is 25.2 Å². The number of hydrogen-bond donors (Lipinski definition) is 2. The summed E-state index contributed by atoms with van der Waals surface area (Å²) in [5, 5.41) is 18.3. The number of carboxylic acid groups (broad SMARTS) is 1. The van der Waals surface area contributed by atoms with Gasteiger partial charge in [-0.05, 0) is 37.2 Å². The average molecular weight is 596 g/mol. The molecule has 8 atom stereocenters. The maximum Gasteiger partial charge on any atom is 1.00 e. The molecular formula is C28H51O9S2+. The second-order valence-electron chi connectivity index (χ2n) is 10.2. The number of aliphatic hydroxyl groups excluding tert-OH is 1. The lowest BCUT2D eigenvalue weighted by atomic mass is 10.1. The van der Waals surface area contributed by atoms with Gasteiger partial charge < -0.3 is 33.9 Å². The number of hydrogen-bond acceptors (Lipinski definition) is 10. The van der Waals surface area contributed by atoms with Crippen molar-refractivity contribution >= 4 is 35.5 Å². The van der Waals surface area contributed by atoms with Gasteiger partial charge in [0.05, 0.1) is 36.9 Å². The number of carbonyl (C=O) groups is 2. The Balaban J connectivity index is 0.000000335. The van der Waals surface area contributed by atoms with Crippen molar-refractivity contribution in [1.82, 2.24) is 0 Å². The molecule has 0 bridgehead atoms. The number of ether oxygens (including phenoxy) is 5. The number of fused-ring (bicyclic) bond motifs is 2. The Bertz CT molecular complexity index is 705. The second kappa shape index (κ2) is 19.5. The molecule has 4 heterocycles. The Morgan fingerprint density at radius 3 is 1.77 bits per heavy atom. The molecule has 0 aliphatic carbocycles. The van der Waals surface area contributed by atoms with E-state index in [2.05, 4.69) is 13.8 Å². The molecular weight excluding hydrogens is 544 g/mol. The van der Waals surface area contributed by atoms with Gasteiger partial charge >= 0.3 is 13.4 Å². The molecule has 11 heteroatoms. The first kappa shape index (κ1) is 34.6. The van der Waals surface area contributed by atoms with Crippen molar-refractivity contribution in [2.24, 2.45) is 0 Å². The highest BCUT2D eigenvalue weighted by atomic mass is 32.2. The van der Waals surface area contributed by atoms with Gasteiger partial charge in [0.15, 0.2) is 6.10 Å². The average Bonchev–Trinajstić information content (AvgIpc) is 3.67. The fourth-order valence-corrected chi connectivity index (χ4v) is 7.38. The van der Waals surface area contributed by atoms with Crippen LogP contribution in [0.25, 0.3) is 0 Å². The normalized spacial score (nSPS) is 32.4. The van der Waals surface area contributed by atoms with Gasteiger partial charge in [0.25, 0.3) is 0 Å². The van der Waals surface area contributed by atoms with Crippen LogP contribution < -0.4 is 0 Å². The van der Waals surface area contributed by atoms with Gasteiger partial charge in [-0.1, -0.05) is 40.5 Å². The summed E-state index contributed by atoms with van der Waals surface area (Å²) in [5.74, 6) is 1.48. The zero-order valence-electron chi connectivity index (χ0n) is 25.1. The molecule has 228 valence electrons. The minimum absolute atomic E-state index is 0. The lowest BCUT2D eigenvalue weighted by molar-refractivity contribution is -0.153. The van der Waals surface area contributed by atoms with Crippen LogP contribution in [-0.2, 0) is 33.3 Å². The lowest BCUT2D eigenvalue weighted by Crippen LogP contribution is -2.33. The standard InChI is InChI=1S/C14H24O4S.C10H18O3S.C4H8O2/c1-3-5-7-19-11-9-17-13-10(8-16-14(11)13)18-12(15)6-4-2;1-2-3-4-14-8-6-13-9-7(11)5-12-10(8)9;1-2-3-4(5)6/h10-11,13-14H,3-9H2,1-2H3;7-11H,2-6H2,1H3;2-3H2,1H3,(H,5,6)/p+1/t10-,11?,13-,14-;7-,8?,9-,10-;/m11./s1. The number of carbonyl (C=O) groups excluding carboxylic acids is 1. The molecule has 0 radical (unpaired) electrons. The third-order valence-corrected chi connectivity index (χ3v) is 9.52. The molecule has 39 heavy (non-hydrogen) atoms. The van der Waals surface area contributed by atoms with E-state index in [9.17, 15) is 14.7 Å². The molecule has 0 spiro atoms. The SMILES string of the molecule is CCCC(=O)O.CCCCSC1CO[C@@H]2[C@H](O)CO[C@H]12.CCCCSC1CO[C@H]2[C@@H]1OC[C@H]2OC(=O)CCC.[H+]. The van der Waals surface area contributed by atoms with Crippen LogP contribution in [0.3, 0.4) is 0 Å². The first-order valence-electron chi connectivity index (χ1n) is 14.6. The molecule has 0 aromatic rings. The second-order valence-corrected chi connectivity index (χ2v) is 12.9. The predicted molar refractivity (Wildman–Crippen MR) is 156 cm³/mol. The Kier molecular flexibility index (Phi) is 17.4. The van der Waals surface area contributed by atoms with Gasteiger partial charge in [-0.3, -0.25) is 9.59 Å². The highest BCUT2D eigenvalue weighted by Gasteiger charge is 2.49. The van der Waals surface area contributed by atoms with Crippen molar-refractivity contribution < 1.29 is 44.9 Å². The van der Waals surface area contributed by atoms with Crippen molar-refractivity contribution in [3.05, 3.63) is 0 Å². The minimum atomic E-state index is -0.711. The third-order valence-electron chi connectivity index (χ3n) is 6.80. The van der Waals surface area contributed by atoms with Crippen LogP contribution >= 0.6 is 23.5 Å². The molecule has 4 rings (SSSR count). The van der Waals surface area contributed by atoms with Crippen LogP contribution in [0.5, 0.6) is 0 Å². The summed E-state index contributed by atoms with van der Waals surface area (Å²) >= 11 is 3.85. The molecule has 0 aromatic carbocycles. The summed E-state index contributed by atoms with van der Waals surface area (Å²) < 4.78 is 28.1. The van der Waals surface area contributed by atoms with Crippen molar-refractivity contribution in [1.29, 1.82) is 0 Å².